The summed E-state index contributed by atoms with van der Waals surface area (Å²) >= 11 is 0. The molecule has 1 aromatic carbocycles. The number of carboxylic acid groups (broad SMARTS) is 1. The van der Waals surface area contributed by atoms with E-state index >= 15 is 0 Å². The van der Waals surface area contributed by atoms with Gasteiger partial charge < -0.3 is 9.84 Å². The maximum Gasteiger partial charge on any atom is 0.304 e. The summed E-state index contributed by atoms with van der Waals surface area (Å²) in [5.41, 5.74) is 2.27. The number of carbonyl (C=O) groups is 1. The number of ether oxygens (including phenoxy) is 1. The van der Waals surface area contributed by atoms with E-state index in [9.17, 15) is 4.79 Å². The van der Waals surface area contributed by atoms with Crippen molar-refractivity contribution in [1.82, 2.24) is 0 Å². The Balaban J connectivity index is 1.99. The fourth-order valence-corrected chi connectivity index (χ4v) is 2.58. The average Bonchev–Trinajstić information content (AvgIpc) is 3.17. The average molecular weight is 276 g/mol. The molecule has 1 aliphatic rings. The van der Waals surface area contributed by atoms with Crippen LogP contribution in [0, 0.1) is 0 Å². The molecule has 1 fully saturated rings. The zero-order valence-electron chi connectivity index (χ0n) is 12.6. The molecule has 1 N–H and O–H groups in total. The number of rotatable bonds is 7. The molecule has 0 spiro atoms. The molecule has 0 amide bonds. The van der Waals surface area contributed by atoms with Crippen LogP contribution in [-0.4, -0.2) is 23.8 Å². The van der Waals surface area contributed by atoms with Crippen LogP contribution in [-0.2, 0) is 21.4 Å². The summed E-state index contributed by atoms with van der Waals surface area (Å²) in [7, 11) is 1.74. The van der Waals surface area contributed by atoms with Crippen LogP contribution in [0.4, 0.5) is 0 Å². The van der Waals surface area contributed by atoms with Crippen LogP contribution in [0.25, 0.3) is 0 Å². The topological polar surface area (TPSA) is 46.5 Å². The molecule has 3 heteroatoms. The van der Waals surface area contributed by atoms with E-state index in [1.165, 1.54) is 11.1 Å². The molecule has 2 rings (SSSR count). The molecule has 0 saturated heterocycles. The first-order chi connectivity index (χ1) is 9.37. The second-order valence-electron chi connectivity index (χ2n) is 6.51. The Morgan fingerprint density at radius 2 is 1.90 bits per heavy atom. The summed E-state index contributed by atoms with van der Waals surface area (Å²) in [4.78, 5) is 10.9. The van der Waals surface area contributed by atoms with E-state index in [2.05, 4.69) is 38.1 Å². The Kier molecular flexibility index (Phi) is 4.19. The van der Waals surface area contributed by atoms with E-state index < -0.39 is 5.97 Å². The Morgan fingerprint density at radius 3 is 2.35 bits per heavy atom. The van der Waals surface area contributed by atoms with Gasteiger partial charge in [-0.05, 0) is 50.7 Å². The second kappa shape index (κ2) is 5.57. The van der Waals surface area contributed by atoms with Crippen molar-refractivity contribution in [2.75, 3.05) is 7.11 Å². The minimum atomic E-state index is -0.701. The molecule has 0 aromatic heterocycles. The number of aliphatic carboxylic acids is 1. The third-order valence-electron chi connectivity index (χ3n) is 4.48. The van der Waals surface area contributed by atoms with Crippen molar-refractivity contribution in [2.24, 2.45) is 0 Å². The van der Waals surface area contributed by atoms with Crippen molar-refractivity contribution in [3.05, 3.63) is 35.4 Å². The minimum absolute atomic E-state index is 0.0871. The molecule has 110 valence electrons. The van der Waals surface area contributed by atoms with Crippen LogP contribution in [0.15, 0.2) is 24.3 Å². The number of aryl methyl sites for hydroxylation is 1. The van der Waals surface area contributed by atoms with Gasteiger partial charge >= 0.3 is 5.97 Å². The van der Waals surface area contributed by atoms with Crippen molar-refractivity contribution >= 4 is 5.97 Å². The Hall–Kier alpha value is -1.35. The zero-order chi connectivity index (χ0) is 14.8. The molecule has 0 radical (unpaired) electrons. The molecule has 1 aromatic rings. The first kappa shape index (κ1) is 15.0. The van der Waals surface area contributed by atoms with Gasteiger partial charge in [0.15, 0.2) is 0 Å². The summed E-state index contributed by atoms with van der Waals surface area (Å²) in [6.07, 6.45) is 4.20. The lowest BCUT2D eigenvalue weighted by molar-refractivity contribution is -0.137. The molecule has 1 aliphatic carbocycles. The van der Waals surface area contributed by atoms with Crippen LogP contribution in [0.1, 0.15) is 50.7 Å². The summed E-state index contributed by atoms with van der Waals surface area (Å²) in [5.74, 6) is -0.701. The highest BCUT2D eigenvalue weighted by molar-refractivity contribution is 5.70. The van der Waals surface area contributed by atoms with Crippen LogP contribution in [0.3, 0.4) is 0 Å². The van der Waals surface area contributed by atoms with Crippen molar-refractivity contribution in [3.8, 4) is 0 Å². The first-order valence-corrected chi connectivity index (χ1v) is 7.23. The number of hydrogen-bond donors (Lipinski definition) is 1. The van der Waals surface area contributed by atoms with Crippen molar-refractivity contribution in [2.45, 2.75) is 57.0 Å². The summed E-state index contributed by atoms with van der Waals surface area (Å²) < 4.78 is 5.43. The fourth-order valence-electron chi connectivity index (χ4n) is 2.58. The predicted octanol–water partition coefficient (Wildman–Crippen LogP) is 3.55. The third-order valence-corrected chi connectivity index (χ3v) is 4.48. The Bertz CT molecular complexity index is 470. The number of hydrogen-bond acceptors (Lipinski definition) is 2. The van der Waals surface area contributed by atoms with Crippen LogP contribution >= 0.6 is 0 Å². The minimum Gasteiger partial charge on any atom is -0.481 e. The molecular weight excluding hydrogens is 252 g/mol. The van der Waals surface area contributed by atoms with Gasteiger partial charge in [-0.2, -0.15) is 0 Å². The number of methoxy groups -OCH3 is 1. The molecule has 1 saturated carbocycles. The quantitative estimate of drug-likeness (QED) is 0.828. The van der Waals surface area contributed by atoms with Gasteiger partial charge in [0.2, 0.25) is 0 Å². The van der Waals surface area contributed by atoms with E-state index in [0.717, 1.165) is 25.7 Å². The highest BCUT2D eigenvalue weighted by Gasteiger charge is 2.45. The number of carboxylic acids is 1. The molecule has 3 nitrogen and oxygen atoms in total. The zero-order valence-corrected chi connectivity index (χ0v) is 12.6. The maximum atomic E-state index is 10.9. The van der Waals surface area contributed by atoms with Crippen LogP contribution in [0.5, 0.6) is 0 Å². The van der Waals surface area contributed by atoms with Crippen molar-refractivity contribution < 1.29 is 14.6 Å². The lowest BCUT2D eigenvalue weighted by atomic mass is 9.90. The van der Waals surface area contributed by atoms with Gasteiger partial charge in [-0.15, -0.1) is 0 Å². The third kappa shape index (κ3) is 3.60. The van der Waals surface area contributed by atoms with Crippen LogP contribution in [0.2, 0.25) is 0 Å². The molecule has 0 atom stereocenters. The van der Waals surface area contributed by atoms with Gasteiger partial charge in [0, 0.05) is 12.5 Å². The van der Waals surface area contributed by atoms with Gasteiger partial charge in [-0.3, -0.25) is 4.79 Å². The molecule has 0 aliphatic heterocycles. The monoisotopic (exact) mass is 276 g/mol. The largest absolute Gasteiger partial charge is 0.481 e. The van der Waals surface area contributed by atoms with Crippen molar-refractivity contribution in [1.29, 1.82) is 0 Å². The smallest absolute Gasteiger partial charge is 0.304 e. The lowest BCUT2D eigenvalue weighted by Crippen LogP contribution is -2.23. The predicted molar refractivity (Wildman–Crippen MR) is 79.0 cm³/mol. The van der Waals surface area contributed by atoms with Gasteiger partial charge in [0.05, 0.1) is 12.0 Å². The van der Waals surface area contributed by atoms with Crippen LogP contribution < -0.4 is 0 Å². The highest BCUT2D eigenvalue weighted by Crippen LogP contribution is 2.51. The molecule has 0 heterocycles. The summed E-state index contributed by atoms with van der Waals surface area (Å²) in [5, 5.41) is 8.99. The molecule has 0 unspecified atom stereocenters. The van der Waals surface area contributed by atoms with Gasteiger partial charge in [0.25, 0.3) is 0 Å². The first-order valence-electron chi connectivity index (χ1n) is 7.23. The molecular formula is C17H24O3. The summed E-state index contributed by atoms with van der Waals surface area (Å²) in [6.45, 7) is 4.18. The van der Waals surface area contributed by atoms with E-state index in [0.29, 0.717) is 0 Å². The second-order valence-corrected chi connectivity index (χ2v) is 6.51. The van der Waals surface area contributed by atoms with Gasteiger partial charge in [0.1, 0.15) is 0 Å². The Labute approximate surface area is 121 Å². The summed E-state index contributed by atoms with van der Waals surface area (Å²) in [6, 6.07) is 8.46. The standard InChI is InChI=1S/C17H24O3/c1-16(2,20-3)9-8-13-4-6-14(7-5-13)17(10-11-17)12-15(18)19/h4-7H,8-12H2,1-3H3,(H,18,19). The molecule has 20 heavy (non-hydrogen) atoms. The SMILES string of the molecule is COC(C)(C)CCc1ccc(C2(CC(=O)O)CC2)cc1. The maximum absolute atomic E-state index is 10.9. The Morgan fingerprint density at radius 1 is 1.30 bits per heavy atom. The fraction of sp³-hybridized carbons (Fsp3) is 0.588. The number of benzene rings is 1. The van der Waals surface area contributed by atoms with Crippen molar-refractivity contribution in [3.63, 3.8) is 0 Å². The normalized spacial score (nSPS) is 16.9. The highest BCUT2D eigenvalue weighted by atomic mass is 16.5. The van der Waals surface area contributed by atoms with Gasteiger partial charge in [-0.1, -0.05) is 24.3 Å². The van der Waals surface area contributed by atoms with E-state index in [1.54, 1.807) is 7.11 Å². The van der Waals surface area contributed by atoms with E-state index in [1.807, 2.05) is 0 Å². The van der Waals surface area contributed by atoms with Gasteiger partial charge in [-0.25, -0.2) is 0 Å². The van der Waals surface area contributed by atoms with E-state index in [4.69, 9.17) is 9.84 Å². The lowest BCUT2D eigenvalue weighted by Gasteiger charge is -2.22. The van der Waals surface area contributed by atoms with E-state index in [-0.39, 0.29) is 17.4 Å². The molecule has 0 bridgehead atoms.